The molecule has 1 heterocycles. The van der Waals surface area contributed by atoms with Crippen molar-refractivity contribution in [3.63, 3.8) is 0 Å². The summed E-state index contributed by atoms with van der Waals surface area (Å²) in [4.78, 5) is 2.50. The third-order valence-corrected chi connectivity index (χ3v) is 2.37. The largest absolute Gasteiger partial charge is 0.327 e. The summed E-state index contributed by atoms with van der Waals surface area (Å²) < 4.78 is 0. The highest BCUT2D eigenvalue weighted by Crippen LogP contribution is 2.08. The van der Waals surface area contributed by atoms with E-state index >= 15 is 0 Å². The lowest BCUT2D eigenvalue weighted by atomic mass is 10.1. The standard InChI is InChI=1S/C9H20N2/c1-2-3-6-11-7-4-5-9(10)8-11/h9H,2-8,10H2,1H3. The van der Waals surface area contributed by atoms with Crippen LogP contribution in [-0.2, 0) is 0 Å². The molecule has 0 aromatic rings. The van der Waals surface area contributed by atoms with Gasteiger partial charge in [-0.25, -0.2) is 0 Å². The third-order valence-electron chi connectivity index (χ3n) is 2.37. The second-order valence-electron chi connectivity index (χ2n) is 3.56. The van der Waals surface area contributed by atoms with Crippen molar-refractivity contribution in [2.24, 2.45) is 5.73 Å². The van der Waals surface area contributed by atoms with Gasteiger partial charge in [0, 0.05) is 12.6 Å². The van der Waals surface area contributed by atoms with Crippen LogP contribution in [-0.4, -0.2) is 30.6 Å². The van der Waals surface area contributed by atoms with E-state index in [1.807, 2.05) is 0 Å². The van der Waals surface area contributed by atoms with Gasteiger partial charge in [0.25, 0.3) is 0 Å². The Balaban J connectivity index is 2.12. The lowest BCUT2D eigenvalue weighted by molar-refractivity contribution is 0.206. The molecule has 1 saturated heterocycles. The molecular weight excluding hydrogens is 136 g/mol. The van der Waals surface area contributed by atoms with Gasteiger partial charge in [-0.05, 0) is 32.4 Å². The molecule has 1 rings (SSSR count). The molecule has 0 saturated carbocycles. The van der Waals surface area contributed by atoms with Crippen molar-refractivity contribution < 1.29 is 0 Å². The molecule has 0 aromatic heterocycles. The van der Waals surface area contributed by atoms with E-state index in [4.69, 9.17) is 5.73 Å². The predicted molar refractivity (Wildman–Crippen MR) is 48.6 cm³/mol. The maximum Gasteiger partial charge on any atom is 0.0168 e. The fourth-order valence-electron chi connectivity index (χ4n) is 1.68. The molecule has 0 radical (unpaired) electrons. The van der Waals surface area contributed by atoms with E-state index in [-0.39, 0.29) is 0 Å². The molecule has 66 valence electrons. The minimum absolute atomic E-state index is 0.445. The van der Waals surface area contributed by atoms with Crippen molar-refractivity contribution in [3.05, 3.63) is 0 Å². The topological polar surface area (TPSA) is 29.3 Å². The van der Waals surface area contributed by atoms with Gasteiger partial charge < -0.3 is 10.6 Å². The number of nitrogens with two attached hydrogens (primary N) is 1. The van der Waals surface area contributed by atoms with E-state index in [1.54, 1.807) is 0 Å². The quantitative estimate of drug-likeness (QED) is 0.665. The molecule has 11 heavy (non-hydrogen) atoms. The Labute approximate surface area is 69.8 Å². The summed E-state index contributed by atoms with van der Waals surface area (Å²) in [6.45, 7) is 5.89. The van der Waals surface area contributed by atoms with E-state index < -0.39 is 0 Å². The van der Waals surface area contributed by atoms with Crippen molar-refractivity contribution in [3.8, 4) is 0 Å². The summed E-state index contributed by atoms with van der Waals surface area (Å²) in [5.74, 6) is 0. The minimum Gasteiger partial charge on any atom is -0.327 e. The first-order valence-electron chi connectivity index (χ1n) is 4.81. The molecule has 1 atom stereocenters. The van der Waals surface area contributed by atoms with Gasteiger partial charge in [-0.1, -0.05) is 13.3 Å². The van der Waals surface area contributed by atoms with E-state index in [0.717, 1.165) is 6.54 Å². The number of hydrogen-bond acceptors (Lipinski definition) is 2. The lowest BCUT2D eigenvalue weighted by Gasteiger charge is -2.30. The second-order valence-corrected chi connectivity index (χ2v) is 3.56. The van der Waals surface area contributed by atoms with Crippen LogP contribution >= 0.6 is 0 Å². The minimum atomic E-state index is 0.445. The summed E-state index contributed by atoms with van der Waals surface area (Å²) >= 11 is 0. The summed E-state index contributed by atoms with van der Waals surface area (Å²) in [6, 6.07) is 0.445. The number of likely N-dealkylation sites (tertiary alicyclic amines) is 1. The molecule has 0 spiro atoms. The van der Waals surface area contributed by atoms with Crippen LogP contribution in [0.5, 0.6) is 0 Å². The Morgan fingerprint density at radius 3 is 3.00 bits per heavy atom. The lowest BCUT2D eigenvalue weighted by Crippen LogP contribution is -2.43. The van der Waals surface area contributed by atoms with Gasteiger partial charge in [-0.2, -0.15) is 0 Å². The molecule has 0 bridgehead atoms. The monoisotopic (exact) mass is 156 g/mol. The Morgan fingerprint density at radius 2 is 2.36 bits per heavy atom. The Hall–Kier alpha value is -0.0800. The van der Waals surface area contributed by atoms with Crippen molar-refractivity contribution in [1.29, 1.82) is 0 Å². The van der Waals surface area contributed by atoms with Crippen molar-refractivity contribution in [1.82, 2.24) is 4.90 Å². The maximum absolute atomic E-state index is 5.86. The first-order valence-corrected chi connectivity index (χ1v) is 4.81. The van der Waals surface area contributed by atoms with Gasteiger partial charge in [-0.3, -0.25) is 0 Å². The Kier molecular flexibility index (Phi) is 3.87. The third kappa shape index (κ3) is 3.21. The normalized spacial score (nSPS) is 27.3. The molecule has 1 aliphatic rings. The molecule has 0 aromatic carbocycles. The molecule has 1 fully saturated rings. The number of rotatable bonds is 3. The Morgan fingerprint density at radius 1 is 1.55 bits per heavy atom. The Bertz CT molecular complexity index is 104. The molecule has 1 aliphatic heterocycles. The molecule has 2 nitrogen and oxygen atoms in total. The average Bonchev–Trinajstić information content (AvgIpc) is 2.01. The maximum atomic E-state index is 5.86. The van der Waals surface area contributed by atoms with Gasteiger partial charge >= 0.3 is 0 Å². The summed E-state index contributed by atoms with van der Waals surface area (Å²) in [7, 11) is 0. The highest BCUT2D eigenvalue weighted by molar-refractivity contribution is 4.74. The molecule has 2 heteroatoms. The SMILES string of the molecule is CCCCN1CCCC(N)C1. The molecule has 2 N–H and O–H groups in total. The van der Waals surface area contributed by atoms with Gasteiger partial charge in [0.05, 0.1) is 0 Å². The van der Waals surface area contributed by atoms with Crippen LogP contribution in [0.1, 0.15) is 32.6 Å². The summed E-state index contributed by atoms with van der Waals surface area (Å²) in [6.07, 6.45) is 5.14. The number of unbranched alkanes of at least 4 members (excludes halogenated alkanes) is 1. The van der Waals surface area contributed by atoms with Crippen LogP contribution in [0.15, 0.2) is 0 Å². The zero-order valence-electron chi connectivity index (χ0n) is 7.55. The van der Waals surface area contributed by atoms with Gasteiger partial charge in [0.15, 0.2) is 0 Å². The van der Waals surface area contributed by atoms with E-state index in [0.29, 0.717) is 6.04 Å². The van der Waals surface area contributed by atoms with Crippen molar-refractivity contribution in [2.45, 2.75) is 38.6 Å². The van der Waals surface area contributed by atoms with E-state index in [2.05, 4.69) is 11.8 Å². The van der Waals surface area contributed by atoms with Crippen molar-refractivity contribution in [2.75, 3.05) is 19.6 Å². The highest BCUT2D eigenvalue weighted by atomic mass is 15.1. The fraction of sp³-hybridized carbons (Fsp3) is 1.00. The number of hydrogen-bond donors (Lipinski definition) is 1. The molecule has 0 amide bonds. The van der Waals surface area contributed by atoms with Crippen LogP contribution < -0.4 is 5.73 Å². The smallest absolute Gasteiger partial charge is 0.0168 e. The zero-order valence-corrected chi connectivity index (χ0v) is 7.55. The van der Waals surface area contributed by atoms with Crippen molar-refractivity contribution >= 4 is 0 Å². The first kappa shape index (κ1) is 9.01. The summed E-state index contributed by atoms with van der Waals surface area (Å²) in [5, 5.41) is 0. The van der Waals surface area contributed by atoms with Crippen LogP contribution in [0, 0.1) is 0 Å². The van der Waals surface area contributed by atoms with E-state index in [1.165, 1.54) is 38.8 Å². The number of nitrogens with zero attached hydrogens (tertiary/aromatic N) is 1. The van der Waals surface area contributed by atoms with E-state index in [9.17, 15) is 0 Å². The predicted octanol–water partition coefficient (Wildman–Crippen LogP) is 1.21. The molecule has 0 aliphatic carbocycles. The zero-order chi connectivity index (χ0) is 8.10. The van der Waals surface area contributed by atoms with Gasteiger partial charge in [-0.15, -0.1) is 0 Å². The first-order chi connectivity index (χ1) is 5.33. The number of piperidine rings is 1. The summed E-state index contributed by atoms with van der Waals surface area (Å²) in [5.41, 5.74) is 5.86. The van der Waals surface area contributed by atoms with Crippen LogP contribution in [0.25, 0.3) is 0 Å². The molecule has 1 unspecified atom stereocenters. The van der Waals surface area contributed by atoms with Crippen LogP contribution in [0.4, 0.5) is 0 Å². The molecular formula is C9H20N2. The highest BCUT2D eigenvalue weighted by Gasteiger charge is 2.14. The van der Waals surface area contributed by atoms with Crippen LogP contribution in [0.2, 0.25) is 0 Å². The fourth-order valence-corrected chi connectivity index (χ4v) is 1.68. The second kappa shape index (κ2) is 4.73. The average molecular weight is 156 g/mol. The van der Waals surface area contributed by atoms with Gasteiger partial charge in [0.2, 0.25) is 0 Å². The van der Waals surface area contributed by atoms with Gasteiger partial charge in [0.1, 0.15) is 0 Å². The van der Waals surface area contributed by atoms with Crippen LogP contribution in [0.3, 0.4) is 0 Å².